The normalized spacial score (nSPS) is 28.2. The predicted molar refractivity (Wildman–Crippen MR) is 81.1 cm³/mol. The molecule has 2 nitrogen and oxygen atoms in total. The second-order valence-electron chi connectivity index (χ2n) is 6.19. The standard InChI is InChI=1S/C18H26O2/c1-3-9-15(10-4-1)19-17-13-7-8-14-18(17)20-16-11-5-2-6-12-16/h1,3-4,9-10,16-18H,2,5-8,11-14H2. The minimum atomic E-state index is 0.244. The summed E-state index contributed by atoms with van der Waals surface area (Å²) < 4.78 is 12.6. The summed E-state index contributed by atoms with van der Waals surface area (Å²) in [4.78, 5) is 0. The Kier molecular flexibility index (Phi) is 4.96. The molecule has 2 heteroatoms. The Morgan fingerprint density at radius 3 is 2.10 bits per heavy atom. The number of ether oxygens (including phenoxy) is 2. The van der Waals surface area contributed by atoms with Gasteiger partial charge in [0, 0.05) is 0 Å². The maximum atomic E-state index is 6.39. The Balaban J connectivity index is 1.58. The smallest absolute Gasteiger partial charge is 0.125 e. The van der Waals surface area contributed by atoms with E-state index in [0.29, 0.717) is 12.2 Å². The second kappa shape index (κ2) is 7.12. The molecule has 0 spiro atoms. The van der Waals surface area contributed by atoms with Gasteiger partial charge in [0.25, 0.3) is 0 Å². The topological polar surface area (TPSA) is 18.5 Å². The van der Waals surface area contributed by atoms with E-state index in [1.807, 2.05) is 30.3 Å². The van der Waals surface area contributed by atoms with Crippen molar-refractivity contribution in [2.24, 2.45) is 0 Å². The molecule has 2 atom stereocenters. The maximum Gasteiger partial charge on any atom is 0.125 e. The summed E-state index contributed by atoms with van der Waals surface area (Å²) in [6.07, 6.45) is 12.4. The molecule has 1 aromatic rings. The molecule has 1 aromatic carbocycles. The number of para-hydroxylation sites is 1. The number of hydrogen-bond acceptors (Lipinski definition) is 2. The molecule has 0 N–H and O–H groups in total. The Labute approximate surface area is 122 Å². The molecular weight excluding hydrogens is 248 g/mol. The highest BCUT2D eigenvalue weighted by Crippen LogP contribution is 2.30. The van der Waals surface area contributed by atoms with E-state index in [-0.39, 0.29) is 6.10 Å². The summed E-state index contributed by atoms with van der Waals surface area (Å²) in [5, 5.41) is 0. The Hall–Kier alpha value is -1.02. The number of hydrogen-bond donors (Lipinski definition) is 0. The minimum Gasteiger partial charge on any atom is -0.488 e. The molecule has 2 aliphatic rings. The lowest BCUT2D eigenvalue weighted by atomic mass is 9.93. The van der Waals surface area contributed by atoms with Crippen LogP contribution in [0, 0.1) is 0 Å². The summed E-state index contributed by atoms with van der Waals surface area (Å²) in [5.41, 5.74) is 0. The van der Waals surface area contributed by atoms with Crippen LogP contribution >= 0.6 is 0 Å². The molecule has 0 radical (unpaired) electrons. The highest BCUT2D eigenvalue weighted by molar-refractivity contribution is 5.21. The largest absolute Gasteiger partial charge is 0.488 e. The van der Waals surface area contributed by atoms with E-state index in [4.69, 9.17) is 9.47 Å². The monoisotopic (exact) mass is 274 g/mol. The van der Waals surface area contributed by atoms with Crippen LogP contribution in [0.25, 0.3) is 0 Å². The van der Waals surface area contributed by atoms with Crippen LogP contribution in [0.5, 0.6) is 5.75 Å². The predicted octanol–water partition coefficient (Wildman–Crippen LogP) is 4.73. The Bertz CT molecular complexity index is 384. The SMILES string of the molecule is c1ccc(OC2CCCCC2OC2CCCCC2)cc1. The molecule has 2 saturated carbocycles. The van der Waals surface area contributed by atoms with E-state index >= 15 is 0 Å². The van der Waals surface area contributed by atoms with E-state index < -0.39 is 0 Å². The lowest BCUT2D eigenvalue weighted by Gasteiger charge is -2.35. The Morgan fingerprint density at radius 1 is 0.700 bits per heavy atom. The molecule has 2 unspecified atom stereocenters. The third-order valence-electron chi connectivity index (χ3n) is 4.59. The summed E-state index contributed by atoms with van der Waals surface area (Å²) in [6.45, 7) is 0. The first-order valence-corrected chi connectivity index (χ1v) is 8.29. The average Bonchev–Trinajstić information content (AvgIpc) is 2.51. The molecule has 2 fully saturated rings. The van der Waals surface area contributed by atoms with Crippen molar-refractivity contribution in [1.29, 1.82) is 0 Å². The van der Waals surface area contributed by atoms with Crippen LogP contribution in [0.3, 0.4) is 0 Å². The minimum absolute atomic E-state index is 0.244. The zero-order valence-electron chi connectivity index (χ0n) is 12.3. The highest BCUT2D eigenvalue weighted by atomic mass is 16.5. The zero-order valence-corrected chi connectivity index (χ0v) is 12.3. The van der Waals surface area contributed by atoms with Crippen LogP contribution in [0.15, 0.2) is 30.3 Å². The van der Waals surface area contributed by atoms with Gasteiger partial charge in [0.05, 0.1) is 12.2 Å². The molecule has 20 heavy (non-hydrogen) atoms. The van der Waals surface area contributed by atoms with Crippen molar-refractivity contribution < 1.29 is 9.47 Å². The van der Waals surface area contributed by atoms with Gasteiger partial charge in [0.1, 0.15) is 11.9 Å². The van der Waals surface area contributed by atoms with Crippen LogP contribution in [0.1, 0.15) is 57.8 Å². The van der Waals surface area contributed by atoms with Gasteiger partial charge in [0.2, 0.25) is 0 Å². The van der Waals surface area contributed by atoms with Gasteiger partial charge >= 0.3 is 0 Å². The van der Waals surface area contributed by atoms with Crippen LogP contribution in [0.4, 0.5) is 0 Å². The second-order valence-corrected chi connectivity index (χ2v) is 6.19. The van der Waals surface area contributed by atoms with Crippen molar-refractivity contribution in [3.63, 3.8) is 0 Å². The molecule has 110 valence electrons. The fourth-order valence-electron chi connectivity index (χ4n) is 3.48. The molecule has 0 aromatic heterocycles. The lowest BCUT2D eigenvalue weighted by Crippen LogP contribution is -2.39. The van der Waals surface area contributed by atoms with Crippen LogP contribution in [0.2, 0.25) is 0 Å². The van der Waals surface area contributed by atoms with Gasteiger partial charge in [-0.3, -0.25) is 0 Å². The van der Waals surface area contributed by atoms with Crippen LogP contribution in [-0.4, -0.2) is 18.3 Å². The van der Waals surface area contributed by atoms with E-state index in [1.54, 1.807) is 0 Å². The molecule has 0 bridgehead atoms. The third kappa shape index (κ3) is 3.76. The van der Waals surface area contributed by atoms with Gasteiger partial charge in [-0.2, -0.15) is 0 Å². The van der Waals surface area contributed by atoms with Crippen molar-refractivity contribution in [2.75, 3.05) is 0 Å². The van der Waals surface area contributed by atoms with Crippen molar-refractivity contribution in [2.45, 2.75) is 76.1 Å². The van der Waals surface area contributed by atoms with Crippen LogP contribution in [-0.2, 0) is 4.74 Å². The molecule has 2 aliphatic carbocycles. The molecule has 0 amide bonds. The fraction of sp³-hybridized carbons (Fsp3) is 0.667. The third-order valence-corrected chi connectivity index (χ3v) is 4.59. The summed E-state index contributed by atoms with van der Waals surface area (Å²) in [6, 6.07) is 10.2. The maximum absolute atomic E-state index is 6.39. The number of rotatable bonds is 4. The van der Waals surface area contributed by atoms with Gasteiger partial charge in [-0.05, 0) is 44.2 Å². The summed E-state index contributed by atoms with van der Waals surface area (Å²) in [7, 11) is 0. The van der Waals surface area contributed by atoms with Crippen molar-refractivity contribution in [3.8, 4) is 5.75 Å². The van der Waals surface area contributed by atoms with E-state index in [2.05, 4.69) is 0 Å². The summed E-state index contributed by atoms with van der Waals surface area (Å²) in [5.74, 6) is 0.983. The molecule has 0 saturated heterocycles. The van der Waals surface area contributed by atoms with E-state index in [9.17, 15) is 0 Å². The Morgan fingerprint density at radius 2 is 1.35 bits per heavy atom. The summed E-state index contributed by atoms with van der Waals surface area (Å²) >= 11 is 0. The first kappa shape index (κ1) is 13.9. The molecular formula is C18H26O2. The van der Waals surface area contributed by atoms with Gasteiger partial charge in [-0.25, -0.2) is 0 Å². The molecule has 0 heterocycles. The van der Waals surface area contributed by atoms with E-state index in [1.165, 1.54) is 44.9 Å². The quantitative estimate of drug-likeness (QED) is 0.790. The van der Waals surface area contributed by atoms with Crippen molar-refractivity contribution >= 4 is 0 Å². The molecule has 0 aliphatic heterocycles. The van der Waals surface area contributed by atoms with Crippen LogP contribution < -0.4 is 4.74 Å². The first-order chi connectivity index (χ1) is 9.92. The zero-order chi connectivity index (χ0) is 13.6. The van der Waals surface area contributed by atoms with E-state index in [0.717, 1.165) is 18.6 Å². The van der Waals surface area contributed by atoms with Gasteiger partial charge in [-0.1, -0.05) is 43.9 Å². The van der Waals surface area contributed by atoms with Gasteiger partial charge in [-0.15, -0.1) is 0 Å². The fourth-order valence-corrected chi connectivity index (χ4v) is 3.48. The van der Waals surface area contributed by atoms with Gasteiger partial charge in [0.15, 0.2) is 0 Å². The number of benzene rings is 1. The van der Waals surface area contributed by atoms with Gasteiger partial charge < -0.3 is 9.47 Å². The molecule has 3 rings (SSSR count). The van der Waals surface area contributed by atoms with Crippen molar-refractivity contribution in [3.05, 3.63) is 30.3 Å². The first-order valence-electron chi connectivity index (χ1n) is 8.29. The highest BCUT2D eigenvalue weighted by Gasteiger charge is 2.30. The van der Waals surface area contributed by atoms with Crippen molar-refractivity contribution in [1.82, 2.24) is 0 Å². The lowest BCUT2D eigenvalue weighted by molar-refractivity contribution is -0.0945. The average molecular weight is 274 g/mol.